The van der Waals surface area contributed by atoms with Crippen molar-refractivity contribution in [3.63, 3.8) is 0 Å². The average Bonchev–Trinajstić information content (AvgIpc) is 2.63. The van der Waals surface area contributed by atoms with E-state index in [4.69, 9.17) is 14.2 Å². The van der Waals surface area contributed by atoms with E-state index >= 15 is 0 Å². The van der Waals surface area contributed by atoms with Gasteiger partial charge in [0, 0.05) is 6.42 Å². The largest absolute Gasteiger partial charge is 0.459 e. The number of rotatable bonds is 5. The zero-order valence-corrected chi connectivity index (χ0v) is 14.6. The van der Waals surface area contributed by atoms with Crippen molar-refractivity contribution in [1.82, 2.24) is 0 Å². The molecule has 4 rings (SSSR count). The van der Waals surface area contributed by atoms with Crippen molar-refractivity contribution in [2.45, 2.75) is 69.3 Å². The third-order valence-electron chi connectivity index (χ3n) is 5.05. The summed E-state index contributed by atoms with van der Waals surface area (Å²) < 4.78 is 17.1. The zero-order chi connectivity index (χ0) is 15.9. The van der Waals surface area contributed by atoms with Crippen molar-refractivity contribution in [2.75, 3.05) is 0 Å². The summed E-state index contributed by atoms with van der Waals surface area (Å²) >= 11 is 3.21. The number of carbonyl (C=O) groups excluding carboxylic acids is 2. The van der Waals surface area contributed by atoms with E-state index in [1.54, 1.807) is 6.92 Å². The maximum absolute atomic E-state index is 12.1. The highest BCUT2D eigenvalue weighted by atomic mass is 79.9. The van der Waals surface area contributed by atoms with Crippen molar-refractivity contribution < 1.29 is 23.8 Å². The summed E-state index contributed by atoms with van der Waals surface area (Å²) in [6.45, 7) is 3.65. The number of ether oxygens (including phenoxy) is 3. The lowest BCUT2D eigenvalue weighted by Crippen LogP contribution is -2.46. The Labute approximate surface area is 139 Å². The van der Waals surface area contributed by atoms with Crippen LogP contribution in [0.5, 0.6) is 0 Å². The second-order valence-electron chi connectivity index (χ2n) is 6.73. The lowest BCUT2D eigenvalue weighted by atomic mass is 9.67. The lowest BCUT2D eigenvalue weighted by molar-refractivity contribution is -0.219. The van der Waals surface area contributed by atoms with Gasteiger partial charge in [0.05, 0.1) is 5.92 Å². The highest BCUT2D eigenvalue weighted by molar-refractivity contribution is 9.10. The topological polar surface area (TPSA) is 61.8 Å². The van der Waals surface area contributed by atoms with E-state index in [-0.39, 0.29) is 34.9 Å². The van der Waals surface area contributed by atoms with Gasteiger partial charge in [-0.15, -0.1) is 0 Å². The Hall–Kier alpha value is -0.620. The average molecular weight is 375 g/mol. The van der Waals surface area contributed by atoms with E-state index in [9.17, 15) is 9.59 Å². The molecule has 2 aliphatic carbocycles. The van der Waals surface area contributed by atoms with E-state index in [2.05, 4.69) is 15.9 Å². The van der Waals surface area contributed by atoms with Gasteiger partial charge in [-0.25, -0.2) is 0 Å². The molecular formula is C16H23BrO5. The van der Waals surface area contributed by atoms with Crippen molar-refractivity contribution >= 4 is 27.9 Å². The minimum Gasteiger partial charge on any atom is -0.459 e. The summed E-state index contributed by atoms with van der Waals surface area (Å²) in [5.74, 6) is 0.550. The Morgan fingerprint density at radius 2 is 2.14 bits per heavy atom. The fourth-order valence-corrected chi connectivity index (χ4v) is 4.18. The van der Waals surface area contributed by atoms with Crippen LogP contribution in [-0.2, 0) is 23.8 Å². The third-order valence-corrected chi connectivity index (χ3v) is 5.43. The molecule has 0 aromatic heterocycles. The highest BCUT2D eigenvalue weighted by Crippen LogP contribution is 2.48. The van der Waals surface area contributed by atoms with Crippen LogP contribution in [0, 0.1) is 17.8 Å². The van der Waals surface area contributed by atoms with Crippen molar-refractivity contribution in [2.24, 2.45) is 17.8 Å². The summed E-state index contributed by atoms with van der Waals surface area (Å²) in [4.78, 5) is 23.4. The number of carbonyl (C=O) groups is 2. The predicted molar refractivity (Wildman–Crippen MR) is 82.3 cm³/mol. The minimum atomic E-state index is -0.575. The molecule has 124 valence electrons. The number of hydrogen-bond donors (Lipinski definition) is 0. The normalized spacial score (nSPS) is 39.0. The van der Waals surface area contributed by atoms with Gasteiger partial charge in [0.15, 0.2) is 0 Å². The van der Waals surface area contributed by atoms with Crippen molar-refractivity contribution in [3.05, 3.63) is 0 Å². The maximum atomic E-state index is 12.1. The number of fused-ring (bicyclic) bond motifs is 1. The first kappa shape index (κ1) is 16.2. The molecule has 6 heteroatoms. The molecule has 0 aromatic rings. The molecule has 2 aliphatic heterocycles. The molecule has 2 saturated heterocycles. The molecule has 0 radical (unpaired) electrons. The first-order chi connectivity index (χ1) is 10.5. The number of hydrogen-bond acceptors (Lipinski definition) is 5. The molecule has 4 fully saturated rings. The molecule has 7 unspecified atom stereocenters. The van der Waals surface area contributed by atoms with Crippen molar-refractivity contribution in [3.8, 4) is 0 Å². The van der Waals surface area contributed by atoms with Crippen LogP contribution in [-0.4, -0.2) is 35.3 Å². The van der Waals surface area contributed by atoms with Crippen LogP contribution < -0.4 is 0 Å². The molecule has 0 amide bonds. The SMILES string of the molecule is CCC(OC(=O)C(C)Br)OC1C2CC3CC(C2)C(=O)OC1C3. The Morgan fingerprint density at radius 1 is 1.36 bits per heavy atom. The van der Waals surface area contributed by atoms with Gasteiger partial charge in [-0.2, -0.15) is 0 Å². The minimum absolute atomic E-state index is 0.0348. The van der Waals surface area contributed by atoms with Gasteiger partial charge in [0.25, 0.3) is 0 Å². The number of esters is 2. The molecule has 2 saturated carbocycles. The first-order valence-electron chi connectivity index (χ1n) is 8.18. The summed E-state index contributed by atoms with van der Waals surface area (Å²) in [7, 11) is 0. The van der Waals surface area contributed by atoms with Gasteiger partial charge in [-0.1, -0.05) is 22.9 Å². The van der Waals surface area contributed by atoms with E-state index in [0.29, 0.717) is 18.3 Å². The maximum Gasteiger partial charge on any atom is 0.321 e. The molecule has 0 spiro atoms. The van der Waals surface area contributed by atoms with Crippen LogP contribution >= 0.6 is 15.9 Å². The summed E-state index contributed by atoms with van der Waals surface area (Å²) in [5, 5.41) is 0. The second kappa shape index (κ2) is 6.48. The molecule has 0 aromatic carbocycles. The van der Waals surface area contributed by atoms with E-state index in [1.807, 2.05) is 6.92 Å². The van der Waals surface area contributed by atoms with Gasteiger partial charge in [0.2, 0.25) is 6.29 Å². The van der Waals surface area contributed by atoms with Crippen LogP contribution in [0.25, 0.3) is 0 Å². The molecule has 22 heavy (non-hydrogen) atoms. The van der Waals surface area contributed by atoms with Crippen LogP contribution in [0.2, 0.25) is 0 Å². The zero-order valence-electron chi connectivity index (χ0n) is 13.0. The standard InChI is InChI=1S/C16H23BrO5/c1-3-13(22-15(18)8(2)17)21-14-10-4-9-5-11(7-10)16(19)20-12(14)6-9/h8-14H,3-7H2,1-2H3. The Balaban J connectivity index is 1.69. The van der Waals surface area contributed by atoms with Gasteiger partial charge in [-0.3, -0.25) is 9.59 Å². The highest BCUT2D eigenvalue weighted by Gasteiger charge is 2.51. The fourth-order valence-electron chi connectivity index (χ4n) is 4.07. The molecule has 4 bridgehead atoms. The lowest BCUT2D eigenvalue weighted by Gasteiger charge is -2.42. The predicted octanol–water partition coefficient (Wildman–Crippen LogP) is 2.80. The monoisotopic (exact) mass is 374 g/mol. The summed E-state index contributed by atoms with van der Waals surface area (Å²) in [6, 6.07) is 0. The van der Waals surface area contributed by atoms with Gasteiger partial charge >= 0.3 is 11.9 Å². The van der Waals surface area contributed by atoms with Gasteiger partial charge in [0.1, 0.15) is 17.0 Å². The summed E-state index contributed by atoms with van der Waals surface area (Å²) in [6.07, 6.45) is 3.46. The molecule has 4 aliphatic rings. The van der Waals surface area contributed by atoms with Crippen LogP contribution in [0.1, 0.15) is 46.0 Å². The van der Waals surface area contributed by atoms with E-state index in [1.165, 1.54) is 0 Å². The smallest absolute Gasteiger partial charge is 0.321 e. The molecule has 5 nitrogen and oxygen atoms in total. The number of halogens is 1. The summed E-state index contributed by atoms with van der Waals surface area (Å²) in [5.41, 5.74) is 0. The van der Waals surface area contributed by atoms with Crippen LogP contribution in [0.4, 0.5) is 0 Å². The third kappa shape index (κ3) is 3.18. The Kier molecular flexibility index (Phi) is 4.78. The van der Waals surface area contributed by atoms with Crippen molar-refractivity contribution in [1.29, 1.82) is 0 Å². The fraction of sp³-hybridized carbons (Fsp3) is 0.875. The van der Waals surface area contributed by atoms with Gasteiger partial charge < -0.3 is 14.2 Å². The van der Waals surface area contributed by atoms with Gasteiger partial charge in [-0.05, 0) is 44.4 Å². The number of alkyl halides is 1. The molecule has 7 atom stereocenters. The van der Waals surface area contributed by atoms with E-state index in [0.717, 1.165) is 25.7 Å². The van der Waals surface area contributed by atoms with Crippen LogP contribution in [0.3, 0.4) is 0 Å². The Bertz CT molecular complexity index is 452. The quantitative estimate of drug-likeness (QED) is 0.420. The van der Waals surface area contributed by atoms with Crippen LogP contribution in [0.15, 0.2) is 0 Å². The van der Waals surface area contributed by atoms with E-state index < -0.39 is 6.29 Å². The Morgan fingerprint density at radius 3 is 2.82 bits per heavy atom. The first-order valence-corrected chi connectivity index (χ1v) is 9.10. The molecular weight excluding hydrogens is 352 g/mol. The molecule has 2 heterocycles. The second-order valence-corrected chi connectivity index (χ2v) is 8.11. The molecule has 0 N–H and O–H groups in total.